The first-order valence-corrected chi connectivity index (χ1v) is 10.2. The van der Waals surface area contributed by atoms with E-state index in [0.29, 0.717) is 24.4 Å². The van der Waals surface area contributed by atoms with Crippen molar-refractivity contribution in [2.45, 2.75) is 39.2 Å². The summed E-state index contributed by atoms with van der Waals surface area (Å²) in [6, 6.07) is 6.73. The van der Waals surface area contributed by atoms with Crippen LogP contribution in [0.2, 0.25) is 0 Å². The van der Waals surface area contributed by atoms with Gasteiger partial charge in [-0.1, -0.05) is 6.07 Å². The molecule has 1 atom stereocenters. The Balaban J connectivity index is 2.12. The highest BCUT2D eigenvalue weighted by Crippen LogP contribution is 2.41. The number of benzene rings is 2. The van der Waals surface area contributed by atoms with Crippen LogP contribution in [-0.2, 0) is 4.79 Å². The molecule has 7 nitrogen and oxygen atoms in total. The molecule has 0 fully saturated rings. The molecule has 0 saturated carbocycles. The van der Waals surface area contributed by atoms with Gasteiger partial charge < -0.3 is 25.0 Å². The van der Waals surface area contributed by atoms with E-state index in [1.54, 1.807) is 32.1 Å². The number of fused-ring (bicyclic) bond motifs is 1. The van der Waals surface area contributed by atoms with Crippen molar-refractivity contribution < 1.29 is 29.6 Å². The lowest BCUT2D eigenvalue weighted by Crippen LogP contribution is -2.38. The highest BCUT2D eigenvalue weighted by atomic mass is 16.5. The molecule has 0 saturated heterocycles. The van der Waals surface area contributed by atoms with Crippen LogP contribution in [0.4, 0.5) is 0 Å². The average Bonchev–Trinajstić information content (AvgIpc) is 2.70. The average molecular weight is 425 g/mol. The summed E-state index contributed by atoms with van der Waals surface area (Å²) in [6.45, 7) is 8.07. The van der Waals surface area contributed by atoms with E-state index in [1.807, 2.05) is 13.8 Å². The van der Waals surface area contributed by atoms with E-state index >= 15 is 0 Å². The third kappa shape index (κ3) is 4.21. The number of amides is 1. The second-order valence-corrected chi connectivity index (χ2v) is 7.96. The molecule has 0 spiro atoms. The van der Waals surface area contributed by atoms with E-state index in [2.05, 4.69) is 0 Å². The van der Waals surface area contributed by atoms with Crippen molar-refractivity contribution in [2.24, 2.45) is 0 Å². The fraction of sp³-hybridized carbons (Fsp3) is 0.333. The van der Waals surface area contributed by atoms with Crippen LogP contribution in [0.25, 0.3) is 6.08 Å². The standard InChI is InChI=1S/C24H27NO6/c1-5-25(6-2)23(30)20(15-8-7-14(26)13-18(15)27)22(29)17-9-10-19-16(21(17)28)11-12-24(3,4)31-19/h7-13,20,26-28H,5-6H2,1-4H3. The normalized spacial score (nSPS) is 15.0. The van der Waals surface area contributed by atoms with Gasteiger partial charge in [0.05, 0.1) is 11.1 Å². The van der Waals surface area contributed by atoms with Gasteiger partial charge in [0.25, 0.3) is 0 Å². The molecule has 2 aromatic rings. The number of phenolic OH excluding ortho intramolecular Hbond substituents is 3. The second kappa shape index (κ2) is 8.34. The molecule has 1 unspecified atom stereocenters. The predicted octanol–water partition coefficient (Wildman–Crippen LogP) is 3.82. The molecule has 164 valence electrons. The SMILES string of the molecule is CCN(CC)C(=O)C(C(=O)c1ccc2c(c1O)C=CC(C)(C)O2)c1ccc(O)cc1O. The van der Waals surface area contributed by atoms with Crippen molar-refractivity contribution in [3.8, 4) is 23.0 Å². The Morgan fingerprint density at radius 3 is 2.35 bits per heavy atom. The highest BCUT2D eigenvalue weighted by Gasteiger charge is 2.36. The Morgan fingerprint density at radius 2 is 1.74 bits per heavy atom. The summed E-state index contributed by atoms with van der Waals surface area (Å²) in [6.07, 6.45) is 3.46. The minimum atomic E-state index is -1.38. The maximum Gasteiger partial charge on any atom is 0.238 e. The van der Waals surface area contributed by atoms with Crippen LogP contribution in [0, 0.1) is 0 Å². The second-order valence-electron chi connectivity index (χ2n) is 7.96. The van der Waals surface area contributed by atoms with Gasteiger partial charge in [0.1, 0.15) is 34.5 Å². The van der Waals surface area contributed by atoms with Crippen molar-refractivity contribution in [3.05, 3.63) is 53.1 Å². The molecular formula is C24H27NO6. The van der Waals surface area contributed by atoms with Crippen molar-refractivity contribution in [1.82, 2.24) is 4.90 Å². The van der Waals surface area contributed by atoms with Crippen LogP contribution < -0.4 is 4.74 Å². The summed E-state index contributed by atoms with van der Waals surface area (Å²) in [4.78, 5) is 28.3. The van der Waals surface area contributed by atoms with Gasteiger partial charge in [0, 0.05) is 24.7 Å². The Hall–Kier alpha value is -3.48. The van der Waals surface area contributed by atoms with Crippen molar-refractivity contribution in [3.63, 3.8) is 0 Å². The fourth-order valence-corrected chi connectivity index (χ4v) is 3.68. The lowest BCUT2D eigenvalue weighted by Gasteiger charge is -2.29. The number of carbonyl (C=O) groups is 2. The zero-order valence-electron chi connectivity index (χ0n) is 18.0. The van der Waals surface area contributed by atoms with Crippen LogP contribution in [0.3, 0.4) is 0 Å². The highest BCUT2D eigenvalue weighted by molar-refractivity contribution is 6.16. The lowest BCUT2D eigenvalue weighted by atomic mass is 9.87. The molecule has 0 radical (unpaired) electrons. The van der Waals surface area contributed by atoms with Gasteiger partial charge in [-0.3, -0.25) is 9.59 Å². The molecular weight excluding hydrogens is 398 g/mol. The Kier molecular flexibility index (Phi) is 5.97. The molecule has 1 amide bonds. The van der Waals surface area contributed by atoms with Gasteiger partial charge in [-0.2, -0.15) is 0 Å². The first-order chi connectivity index (χ1) is 14.6. The molecule has 0 aromatic heterocycles. The number of ketones is 1. The summed E-state index contributed by atoms with van der Waals surface area (Å²) in [5, 5.41) is 30.8. The third-order valence-corrected chi connectivity index (χ3v) is 5.38. The van der Waals surface area contributed by atoms with Crippen LogP contribution in [0.1, 0.15) is 55.1 Å². The number of hydrogen-bond donors (Lipinski definition) is 3. The summed E-state index contributed by atoms with van der Waals surface area (Å²) in [5.74, 6) is -2.96. The van der Waals surface area contributed by atoms with E-state index in [0.717, 1.165) is 6.07 Å². The van der Waals surface area contributed by atoms with Crippen molar-refractivity contribution in [1.29, 1.82) is 0 Å². The maximum atomic E-state index is 13.5. The number of phenols is 3. The number of carbonyl (C=O) groups excluding carboxylic acids is 2. The van der Waals surface area contributed by atoms with Gasteiger partial charge in [-0.15, -0.1) is 0 Å². The topological polar surface area (TPSA) is 107 Å². The molecule has 0 bridgehead atoms. The van der Waals surface area contributed by atoms with E-state index in [1.165, 1.54) is 23.1 Å². The van der Waals surface area contributed by atoms with Crippen LogP contribution in [0.5, 0.6) is 23.0 Å². The first kappa shape index (κ1) is 22.2. The predicted molar refractivity (Wildman–Crippen MR) is 117 cm³/mol. The van der Waals surface area contributed by atoms with E-state index < -0.39 is 23.2 Å². The van der Waals surface area contributed by atoms with Gasteiger partial charge in [0.15, 0.2) is 5.78 Å². The molecule has 1 heterocycles. The zero-order valence-corrected chi connectivity index (χ0v) is 18.0. The largest absolute Gasteiger partial charge is 0.508 e. The molecule has 7 heteroatoms. The maximum absolute atomic E-state index is 13.5. The van der Waals surface area contributed by atoms with E-state index in [-0.39, 0.29) is 28.4 Å². The monoisotopic (exact) mass is 425 g/mol. The van der Waals surface area contributed by atoms with E-state index in [9.17, 15) is 24.9 Å². The summed E-state index contributed by atoms with van der Waals surface area (Å²) in [5.41, 5.74) is -0.187. The molecule has 3 rings (SSSR count). The van der Waals surface area contributed by atoms with Gasteiger partial charge in [-0.25, -0.2) is 0 Å². The van der Waals surface area contributed by atoms with Crippen LogP contribution in [0.15, 0.2) is 36.4 Å². The molecule has 1 aliphatic rings. The number of rotatable bonds is 6. The molecule has 1 aliphatic heterocycles. The van der Waals surface area contributed by atoms with E-state index in [4.69, 9.17) is 4.74 Å². The Bertz CT molecular complexity index is 1050. The summed E-state index contributed by atoms with van der Waals surface area (Å²) >= 11 is 0. The smallest absolute Gasteiger partial charge is 0.238 e. The Morgan fingerprint density at radius 1 is 1.06 bits per heavy atom. The number of nitrogens with zero attached hydrogens (tertiary/aromatic N) is 1. The quantitative estimate of drug-likeness (QED) is 0.480. The minimum Gasteiger partial charge on any atom is -0.508 e. The zero-order chi connectivity index (χ0) is 22.9. The van der Waals surface area contributed by atoms with Crippen molar-refractivity contribution in [2.75, 3.05) is 13.1 Å². The summed E-state index contributed by atoms with van der Waals surface area (Å²) in [7, 11) is 0. The third-order valence-electron chi connectivity index (χ3n) is 5.38. The van der Waals surface area contributed by atoms with Gasteiger partial charge in [-0.05, 0) is 58.0 Å². The molecule has 31 heavy (non-hydrogen) atoms. The van der Waals surface area contributed by atoms with Crippen molar-refractivity contribution >= 4 is 17.8 Å². The number of ether oxygens (including phenoxy) is 1. The first-order valence-electron chi connectivity index (χ1n) is 10.2. The molecule has 0 aliphatic carbocycles. The number of aromatic hydroxyl groups is 3. The molecule has 2 aromatic carbocycles. The number of Topliss-reactive ketones (excluding diaryl/α,β-unsaturated/α-hetero) is 1. The van der Waals surface area contributed by atoms with Gasteiger partial charge in [0.2, 0.25) is 5.91 Å². The minimum absolute atomic E-state index is 0.0512. The number of likely N-dealkylation sites (N-methyl/N-ethyl adjacent to an activating group) is 1. The fourth-order valence-electron chi connectivity index (χ4n) is 3.68. The Labute approximate surface area is 181 Å². The number of hydrogen-bond acceptors (Lipinski definition) is 6. The van der Waals surface area contributed by atoms with Crippen LogP contribution >= 0.6 is 0 Å². The summed E-state index contributed by atoms with van der Waals surface area (Å²) < 4.78 is 5.83. The molecule has 3 N–H and O–H groups in total. The van der Waals surface area contributed by atoms with Crippen LogP contribution in [-0.4, -0.2) is 50.6 Å². The van der Waals surface area contributed by atoms with Gasteiger partial charge >= 0.3 is 0 Å². The lowest BCUT2D eigenvalue weighted by molar-refractivity contribution is -0.131.